The lowest BCUT2D eigenvalue weighted by Gasteiger charge is -2.23. The van der Waals surface area contributed by atoms with Crippen LogP contribution < -0.4 is 11.1 Å². The van der Waals surface area contributed by atoms with Crippen LogP contribution in [0.4, 0.5) is 0 Å². The van der Waals surface area contributed by atoms with Gasteiger partial charge in [0.2, 0.25) is 5.91 Å². The summed E-state index contributed by atoms with van der Waals surface area (Å²) >= 11 is 0. The van der Waals surface area contributed by atoms with Crippen LogP contribution in [-0.4, -0.2) is 29.2 Å². The van der Waals surface area contributed by atoms with Gasteiger partial charge in [0, 0.05) is 12.1 Å². The molecular weight excluding hydrogens is 168 g/mol. The number of carbonyl (C=O) groups excluding carboxylic acids is 1. The van der Waals surface area contributed by atoms with E-state index < -0.39 is 6.04 Å². The average molecular weight is 188 g/mol. The van der Waals surface area contributed by atoms with Gasteiger partial charge in [0.25, 0.3) is 0 Å². The SMILES string of the molecule is CC(C)(C)NC(=O)C(N)CCCO. The van der Waals surface area contributed by atoms with E-state index in [0.717, 1.165) is 0 Å². The molecule has 78 valence electrons. The van der Waals surface area contributed by atoms with Crippen LogP contribution in [0.5, 0.6) is 0 Å². The Morgan fingerprint density at radius 3 is 2.46 bits per heavy atom. The van der Waals surface area contributed by atoms with Crippen LogP contribution in [-0.2, 0) is 4.79 Å². The summed E-state index contributed by atoms with van der Waals surface area (Å²) < 4.78 is 0. The lowest BCUT2D eigenvalue weighted by Crippen LogP contribution is -2.48. The molecule has 1 atom stereocenters. The Morgan fingerprint density at radius 1 is 1.54 bits per heavy atom. The molecule has 0 saturated heterocycles. The summed E-state index contributed by atoms with van der Waals surface area (Å²) in [5.74, 6) is -0.152. The van der Waals surface area contributed by atoms with Gasteiger partial charge in [-0.25, -0.2) is 0 Å². The minimum atomic E-state index is -0.508. The molecule has 1 unspecified atom stereocenters. The zero-order valence-corrected chi connectivity index (χ0v) is 8.63. The molecule has 0 aromatic heterocycles. The van der Waals surface area contributed by atoms with Crippen LogP contribution in [0.15, 0.2) is 0 Å². The number of aliphatic hydroxyl groups excluding tert-OH is 1. The molecule has 0 aliphatic carbocycles. The van der Waals surface area contributed by atoms with E-state index in [1.54, 1.807) is 0 Å². The zero-order valence-electron chi connectivity index (χ0n) is 8.63. The monoisotopic (exact) mass is 188 g/mol. The number of hydrogen-bond acceptors (Lipinski definition) is 3. The molecule has 0 aromatic carbocycles. The van der Waals surface area contributed by atoms with Gasteiger partial charge in [-0.05, 0) is 33.6 Å². The lowest BCUT2D eigenvalue weighted by atomic mass is 10.1. The Balaban J connectivity index is 3.83. The third kappa shape index (κ3) is 6.54. The van der Waals surface area contributed by atoms with Crippen molar-refractivity contribution in [2.75, 3.05) is 6.61 Å². The Kier molecular flexibility index (Phi) is 4.95. The van der Waals surface area contributed by atoms with E-state index in [4.69, 9.17) is 10.8 Å². The highest BCUT2D eigenvalue weighted by atomic mass is 16.3. The van der Waals surface area contributed by atoms with Crippen molar-refractivity contribution in [1.82, 2.24) is 5.32 Å². The van der Waals surface area contributed by atoms with Crippen molar-refractivity contribution in [2.24, 2.45) is 5.73 Å². The summed E-state index contributed by atoms with van der Waals surface area (Å²) in [6, 6.07) is -0.508. The molecule has 13 heavy (non-hydrogen) atoms. The van der Waals surface area contributed by atoms with Gasteiger partial charge in [-0.2, -0.15) is 0 Å². The molecule has 0 radical (unpaired) electrons. The zero-order chi connectivity index (χ0) is 10.5. The van der Waals surface area contributed by atoms with Crippen molar-refractivity contribution in [3.05, 3.63) is 0 Å². The second-order valence-electron chi connectivity index (χ2n) is 4.21. The van der Waals surface area contributed by atoms with Crippen molar-refractivity contribution >= 4 is 5.91 Å². The van der Waals surface area contributed by atoms with Gasteiger partial charge >= 0.3 is 0 Å². The summed E-state index contributed by atoms with van der Waals surface area (Å²) in [6.07, 6.45) is 1.09. The van der Waals surface area contributed by atoms with Crippen LogP contribution in [0.1, 0.15) is 33.6 Å². The van der Waals surface area contributed by atoms with Crippen LogP contribution in [0, 0.1) is 0 Å². The van der Waals surface area contributed by atoms with Crippen molar-refractivity contribution in [1.29, 1.82) is 0 Å². The number of aliphatic hydroxyl groups is 1. The molecule has 0 bridgehead atoms. The Bertz CT molecular complexity index is 163. The van der Waals surface area contributed by atoms with Gasteiger partial charge in [-0.3, -0.25) is 4.79 Å². The molecule has 0 saturated carbocycles. The maximum Gasteiger partial charge on any atom is 0.237 e. The number of carbonyl (C=O) groups is 1. The summed E-state index contributed by atoms with van der Waals surface area (Å²) in [4.78, 5) is 11.3. The number of nitrogens with one attached hydrogen (secondary N) is 1. The molecule has 1 amide bonds. The van der Waals surface area contributed by atoms with Gasteiger partial charge in [0.15, 0.2) is 0 Å². The quantitative estimate of drug-likeness (QED) is 0.581. The van der Waals surface area contributed by atoms with E-state index in [-0.39, 0.29) is 18.1 Å². The molecule has 0 heterocycles. The molecule has 0 spiro atoms. The average Bonchev–Trinajstić information content (AvgIpc) is 1.96. The normalized spacial score (nSPS) is 13.9. The molecule has 4 nitrogen and oxygen atoms in total. The molecule has 0 aliphatic heterocycles. The fraction of sp³-hybridized carbons (Fsp3) is 0.889. The minimum absolute atomic E-state index is 0.0799. The molecule has 0 aliphatic rings. The third-order valence-electron chi connectivity index (χ3n) is 1.51. The van der Waals surface area contributed by atoms with Crippen LogP contribution in [0.2, 0.25) is 0 Å². The smallest absolute Gasteiger partial charge is 0.237 e. The number of amides is 1. The maximum atomic E-state index is 11.3. The first kappa shape index (κ1) is 12.4. The van der Waals surface area contributed by atoms with E-state index in [0.29, 0.717) is 12.8 Å². The molecule has 4 heteroatoms. The van der Waals surface area contributed by atoms with Crippen molar-refractivity contribution < 1.29 is 9.90 Å². The van der Waals surface area contributed by atoms with Crippen molar-refractivity contribution in [3.63, 3.8) is 0 Å². The number of nitrogens with two attached hydrogens (primary N) is 1. The molecule has 0 fully saturated rings. The first-order valence-corrected chi connectivity index (χ1v) is 4.55. The van der Waals surface area contributed by atoms with E-state index >= 15 is 0 Å². The summed E-state index contributed by atoms with van der Waals surface area (Å²) in [6.45, 7) is 5.80. The van der Waals surface area contributed by atoms with Gasteiger partial charge in [0.05, 0.1) is 6.04 Å². The topological polar surface area (TPSA) is 75.4 Å². The van der Waals surface area contributed by atoms with E-state index in [1.807, 2.05) is 20.8 Å². The first-order chi connectivity index (χ1) is 5.87. The highest BCUT2D eigenvalue weighted by Crippen LogP contribution is 2.01. The number of rotatable bonds is 4. The first-order valence-electron chi connectivity index (χ1n) is 4.55. The fourth-order valence-electron chi connectivity index (χ4n) is 0.905. The second-order valence-corrected chi connectivity index (χ2v) is 4.21. The molecule has 0 rings (SSSR count). The standard InChI is InChI=1S/C9H20N2O2/c1-9(2,3)11-8(13)7(10)5-4-6-12/h7,12H,4-6,10H2,1-3H3,(H,11,13). The fourth-order valence-corrected chi connectivity index (χ4v) is 0.905. The van der Waals surface area contributed by atoms with E-state index in [1.165, 1.54) is 0 Å². The number of hydrogen-bond donors (Lipinski definition) is 3. The van der Waals surface area contributed by atoms with Crippen molar-refractivity contribution in [2.45, 2.75) is 45.2 Å². The van der Waals surface area contributed by atoms with Gasteiger partial charge < -0.3 is 16.2 Å². The predicted molar refractivity (Wildman–Crippen MR) is 52.2 cm³/mol. The largest absolute Gasteiger partial charge is 0.396 e. The molecule has 4 N–H and O–H groups in total. The minimum Gasteiger partial charge on any atom is -0.396 e. The molecule has 0 aromatic rings. The Morgan fingerprint density at radius 2 is 2.08 bits per heavy atom. The Hall–Kier alpha value is -0.610. The highest BCUT2D eigenvalue weighted by Gasteiger charge is 2.18. The third-order valence-corrected chi connectivity index (χ3v) is 1.51. The van der Waals surface area contributed by atoms with Gasteiger partial charge in [-0.15, -0.1) is 0 Å². The van der Waals surface area contributed by atoms with Crippen LogP contribution >= 0.6 is 0 Å². The van der Waals surface area contributed by atoms with Crippen molar-refractivity contribution in [3.8, 4) is 0 Å². The summed E-state index contributed by atoms with van der Waals surface area (Å²) in [5.41, 5.74) is 5.35. The lowest BCUT2D eigenvalue weighted by molar-refractivity contribution is -0.123. The summed E-state index contributed by atoms with van der Waals surface area (Å²) in [5, 5.41) is 11.3. The van der Waals surface area contributed by atoms with Gasteiger partial charge in [0.1, 0.15) is 0 Å². The predicted octanol–water partition coefficient (Wildman–Crippen LogP) is 0.000900. The summed E-state index contributed by atoms with van der Waals surface area (Å²) in [7, 11) is 0. The van der Waals surface area contributed by atoms with E-state index in [9.17, 15) is 4.79 Å². The highest BCUT2D eigenvalue weighted by molar-refractivity contribution is 5.82. The van der Waals surface area contributed by atoms with E-state index in [2.05, 4.69) is 5.32 Å². The Labute approximate surface area is 79.5 Å². The van der Waals surface area contributed by atoms with Crippen LogP contribution in [0.25, 0.3) is 0 Å². The maximum absolute atomic E-state index is 11.3. The van der Waals surface area contributed by atoms with Gasteiger partial charge in [-0.1, -0.05) is 0 Å². The van der Waals surface area contributed by atoms with Crippen LogP contribution in [0.3, 0.4) is 0 Å². The second kappa shape index (κ2) is 5.19. The molecular formula is C9H20N2O2.